The molecule has 3 amide bonds. The largest absolute Gasteiger partial charge is 0.350 e. The van der Waals surface area contributed by atoms with Gasteiger partial charge < -0.3 is 15.5 Å². The highest BCUT2D eigenvalue weighted by molar-refractivity contribution is 6.30. The van der Waals surface area contributed by atoms with Crippen LogP contribution in [0.15, 0.2) is 60.7 Å². The molecule has 2 aromatic rings. The van der Waals surface area contributed by atoms with Crippen LogP contribution in [-0.4, -0.2) is 36.0 Å². The molecule has 0 radical (unpaired) electrons. The molecule has 3 rings (SSSR count). The first kappa shape index (κ1) is 19.0. The van der Waals surface area contributed by atoms with Gasteiger partial charge in [0, 0.05) is 35.9 Å². The molecule has 2 aromatic carbocycles. The Morgan fingerprint density at radius 2 is 1.67 bits per heavy atom. The fourth-order valence-corrected chi connectivity index (χ4v) is 3.07. The first-order valence-electron chi connectivity index (χ1n) is 8.95. The summed E-state index contributed by atoms with van der Waals surface area (Å²) in [4.78, 5) is 26.2. The average molecular weight is 384 g/mol. The second-order valence-electron chi connectivity index (χ2n) is 6.45. The van der Waals surface area contributed by atoms with Crippen LogP contribution < -0.4 is 10.6 Å². The van der Waals surface area contributed by atoms with Crippen molar-refractivity contribution < 1.29 is 9.59 Å². The summed E-state index contributed by atoms with van der Waals surface area (Å²) in [5.41, 5.74) is 1.70. The lowest BCUT2D eigenvalue weighted by Gasteiger charge is -2.32. The van der Waals surface area contributed by atoms with Gasteiger partial charge in [0.1, 0.15) is 0 Å². The van der Waals surface area contributed by atoms with E-state index < -0.39 is 0 Å². The second kappa shape index (κ2) is 9.24. The van der Waals surface area contributed by atoms with Crippen LogP contribution in [0, 0.1) is 0 Å². The standard InChI is InChI=1S/C21H22ClN3O2/c22-17-9-6-16(7-10-17)8-11-20(26)23-19-12-14-25(15-13-19)21(27)24-18-4-2-1-3-5-18/h1-11,19H,12-15H2,(H,23,26)(H,24,27)/b11-8+. The number of carbonyl (C=O) groups is 2. The van der Waals surface area contributed by atoms with E-state index in [0.29, 0.717) is 18.1 Å². The van der Waals surface area contributed by atoms with Crippen molar-refractivity contribution in [2.24, 2.45) is 0 Å². The van der Waals surface area contributed by atoms with Gasteiger partial charge in [-0.25, -0.2) is 4.79 Å². The minimum atomic E-state index is -0.128. The molecule has 6 heteroatoms. The van der Waals surface area contributed by atoms with E-state index >= 15 is 0 Å². The van der Waals surface area contributed by atoms with Crippen LogP contribution in [-0.2, 0) is 4.79 Å². The van der Waals surface area contributed by atoms with Crippen molar-refractivity contribution in [2.75, 3.05) is 18.4 Å². The maximum absolute atomic E-state index is 12.3. The number of para-hydroxylation sites is 1. The van der Waals surface area contributed by atoms with Crippen molar-refractivity contribution in [1.29, 1.82) is 0 Å². The summed E-state index contributed by atoms with van der Waals surface area (Å²) < 4.78 is 0. The van der Waals surface area contributed by atoms with Gasteiger partial charge in [0.05, 0.1) is 0 Å². The highest BCUT2D eigenvalue weighted by Crippen LogP contribution is 2.14. The Balaban J connectivity index is 1.43. The van der Waals surface area contributed by atoms with Crippen LogP contribution in [0.5, 0.6) is 0 Å². The van der Waals surface area contributed by atoms with Crippen LogP contribution in [0.25, 0.3) is 6.08 Å². The van der Waals surface area contributed by atoms with Crippen molar-refractivity contribution in [3.63, 3.8) is 0 Å². The Morgan fingerprint density at radius 3 is 2.33 bits per heavy atom. The predicted octanol–water partition coefficient (Wildman–Crippen LogP) is 4.17. The zero-order valence-electron chi connectivity index (χ0n) is 14.9. The van der Waals surface area contributed by atoms with Crippen molar-refractivity contribution >= 4 is 35.3 Å². The van der Waals surface area contributed by atoms with Crippen LogP contribution in [0.3, 0.4) is 0 Å². The summed E-state index contributed by atoms with van der Waals surface area (Å²) in [6.07, 6.45) is 4.76. The Labute approximate surface area is 164 Å². The molecule has 0 spiro atoms. The van der Waals surface area contributed by atoms with Gasteiger partial charge in [-0.2, -0.15) is 0 Å². The maximum atomic E-state index is 12.3. The number of halogens is 1. The smallest absolute Gasteiger partial charge is 0.321 e. The molecular formula is C21H22ClN3O2. The molecule has 0 atom stereocenters. The molecule has 0 aromatic heterocycles. The molecule has 0 aliphatic carbocycles. The summed E-state index contributed by atoms with van der Waals surface area (Å²) in [6, 6.07) is 16.7. The number of hydrogen-bond acceptors (Lipinski definition) is 2. The molecule has 0 bridgehead atoms. The highest BCUT2D eigenvalue weighted by Gasteiger charge is 2.23. The Bertz CT molecular complexity index is 798. The second-order valence-corrected chi connectivity index (χ2v) is 6.89. The SMILES string of the molecule is O=C(/C=C/c1ccc(Cl)cc1)NC1CCN(C(=O)Nc2ccccc2)CC1. The van der Waals surface area contributed by atoms with Crippen molar-refractivity contribution in [3.05, 3.63) is 71.3 Å². The lowest BCUT2D eigenvalue weighted by molar-refractivity contribution is -0.117. The number of anilines is 1. The number of carbonyl (C=O) groups excluding carboxylic acids is 2. The van der Waals surface area contributed by atoms with E-state index in [0.717, 1.165) is 24.1 Å². The van der Waals surface area contributed by atoms with Gasteiger partial charge >= 0.3 is 6.03 Å². The summed E-state index contributed by atoms with van der Waals surface area (Å²) in [7, 11) is 0. The zero-order chi connectivity index (χ0) is 19.1. The zero-order valence-corrected chi connectivity index (χ0v) is 15.7. The maximum Gasteiger partial charge on any atom is 0.321 e. The number of hydrogen-bond donors (Lipinski definition) is 2. The summed E-state index contributed by atoms with van der Waals surface area (Å²) >= 11 is 5.85. The number of likely N-dealkylation sites (tertiary alicyclic amines) is 1. The number of amides is 3. The van der Waals surface area contributed by atoms with Crippen LogP contribution in [0.1, 0.15) is 18.4 Å². The van der Waals surface area contributed by atoms with E-state index in [1.807, 2.05) is 42.5 Å². The van der Waals surface area contributed by atoms with E-state index in [4.69, 9.17) is 11.6 Å². The van der Waals surface area contributed by atoms with Gasteiger partial charge in [0.25, 0.3) is 0 Å². The third kappa shape index (κ3) is 5.86. The average Bonchev–Trinajstić information content (AvgIpc) is 2.69. The molecule has 5 nitrogen and oxygen atoms in total. The molecule has 2 N–H and O–H groups in total. The first-order valence-corrected chi connectivity index (χ1v) is 9.33. The Hall–Kier alpha value is -2.79. The molecule has 0 saturated carbocycles. The minimum Gasteiger partial charge on any atom is -0.350 e. The summed E-state index contributed by atoms with van der Waals surface area (Å²) in [5.74, 6) is -0.128. The van der Waals surface area contributed by atoms with Gasteiger partial charge in [-0.3, -0.25) is 4.79 Å². The lowest BCUT2D eigenvalue weighted by Crippen LogP contribution is -2.47. The number of piperidine rings is 1. The Morgan fingerprint density at radius 1 is 1.00 bits per heavy atom. The molecule has 1 fully saturated rings. The predicted molar refractivity (Wildman–Crippen MR) is 109 cm³/mol. The van der Waals surface area contributed by atoms with Crippen molar-refractivity contribution in [2.45, 2.75) is 18.9 Å². The molecule has 1 saturated heterocycles. The lowest BCUT2D eigenvalue weighted by atomic mass is 10.1. The van der Waals surface area contributed by atoms with E-state index in [1.54, 1.807) is 23.1 Å². The number of nitrogens with zero attached hydrogens (tertiary/aromatic N) is 1. The molecule has 1 aliphatic heterocycles. The molecule has 27 heavy (non-hydrogen) atoms. The summed E-state index contributed by atoms with van der Waals surface area (Å²) in [6.45, 7) is 1.23. The Kier molecular flexibility index (Phi) is 6.49. The molecule has 1 aliphatic rings. The third-order valence-electron chi connectivity index (χ3n) is 4.45. The summed E-state index contributed by atoms with van der Waals surface area (Å²) in [5, 5.41) is 6.55. The molecule has 140 valence electrons. The number of urea groups is 1. The molecule has 0 unspecified atom stereocenters. The molecular weight excluding hydrogens is 362 g/mol. The van der Waals surface area contributed by atoms with E-state index in [9.17, 15) is 9.59 Å². The van der Waals surface area contributed by atoms with Crippen LogP contribution in [0.4, 0.5) is 10.5 Å². The van der Waals surface area contributed by atoms with Gasteiger partial charge in [0.15, 0.2) is 0 Å². The van der Waals surface area contributed by atoms with Gasteiger partial charge in [-0.1, -0.05) is 41.9 Å². The van der Waals surface area contributed by atoms with Gasteiger partial charge in [0.2, 0.25) is 5.91 Å². The van der Waals surface area contributed by atoms with Crippen molar-refractivity contribution in [1.82, 2.24) is 10.2 Å². The quantitative estimate of drug-likeness (QED) is 0.778. The first-order chi connectivity index (χ1) is 13.1. The topological polar surface area (TPSA) is 61.4 Å². The fourth-order valence-electron chi connectivity index (χ4n) is 2.95. The molecule has 1 heterocycles. The van der Waals surface area contributed by atoms with E-state index in [1.165, 1.54) is 6.08 Å². The van der Waals surface area contributed by atoms with Crippen molar-refractivity contribution in [3.8, 4) is 0 Å². The minimum absolute atomic E-state index is 0.0770. The number of nitrogens with one attached hydrogen (secondary N) is 2. The monoisotopic (exact) mass is 383 g/mol. The highest BCUT2D eigenvalue weighted by atomic mass is 35.5. The van der Waals surface area contributed by atoms with Crippen LogP contribution >= 0.6 is 11.6 Å². The third-order valence-corrected chi connectivity index (χ3v) is 4.70. The number of rotatable bonds is 4. The van der Waals surface area contributed by atoms with E-state index in [2.05, 4.69) is 10.6 Å². The van der Waals surface area contributed by atoms with Gasteiger partial charge in [-0.15, -0.1) is 0 Å². The number of benzene rings is 2. The van der Waals surface area contributed by atoms with Gasteiger partial charge in [-0.05, 0) is 48.7 Å². The van der Waals surface area contributed by atoms with E-state index in [-0.39, 0.29) is 18.0 Å². The van der Waals surface area contributed by atoms with Crippen LogP contribution in [0.2, 0.25) is 5.02 Å². The normalized spacial score (nSPS) is 14.9. The fraction of sp³-hybridized carbons (Fsp3) is 0.238.